The Balaban J connectivity index is 2.39. The zero-order valence-corrected chi connectivity index (χ0v) is 14.1. The van der Waals surface area contributed by atoms with Gasteiger partial charge in [-0.15, -0.1) is 11.3 Å². The van der Waals surface area contributed by atoms with Crippen molar-refractivity contribution in [1.82, 2.24) is 9.55 Å². The fourth-order valence-electron chi connectivity index (χ4n) is 2.70. The van der Waals surface area contributed by atoms with Gasteiger partial charge in [0.25, 0.3) is 0 Å². The van der Waals surface area contributed by atoms with Crippen LogP contribution in [-0.4, -0.2) is 9.55 Å². The van der Waals surface area contributed by atoms with E-state index in [-0.39, 0.29) is 0 Å². The number of aryl methyl sites for hydroxylation is 1. The average molecular weight is 320 g/mol. The van der Waals surface area contributed by atoms with Crippen molar-refractivity contribution >= 4 is 39.0 Å². The minimum atomic E-state index is 0.296. The lowest BCUT2D eigenvalue weighted by Gasteiger charge is -2.13. The Kier molecular flexibility index (Phi) is 3.46. The van der Waals surface area contributed by atoms with Crippen molar-refractivity contribution in [2.24, 2.45) is 0 Å². The molecule has 0 unspecified atom stereocenters. The molecule has 0 aliphatic heterocycles. The fourth-order valence-corrected chi connectivity index (χ4v) is 3.80. The second kappa shape index (κ2) is 5.04. The van der Waals surface area contributed by atoms with E-state index in [0.717, 1.165) is 27.4 Å². The molecule has 2 aromatic heterocycles. The van der Waals surface area contributed by atoms with Gasteiger partial charge < -0.3 is 10.3 Å². The van der Waals surface area contributed by atoms with E-state index in [1.54, 1.807) is 11.3 Å². The van der Waals surface area contributed by atoms with Gasteiger partial charge in [-0.2, -0.15) is 0 Å². The Morgan fingerprint density at radius 1 is 1.29 bits per heavy atom. The lowest BCUT2D eigenvalue weighted by atomic mass is 10.1. The molecule has 0 atom stereocenters. The van der Waals surface area contributed by atoms with Crippen molar-refractivity contribution in [2.75, 3.05) is 5.73 Å². The molecule has 3 aromatic rings. The van der Waals surface area contributed by atoms with Crippen molar-refractivity contribution < 1.29 is 0 Å². The number of imidazole rings is 1. The highest BCUT2D eigenvalue weighted by molar-refractivity contribution is 7.16. The number of aromatic nitrogens is 2. The summed E-state index contributed by atoms with van der Waals surface area (Å²) in [6.45, 7) is 8.52. The predicted octanol–water partition coefficient (Wildman–Crippen LogP) is 5.20. The molecule has 0 aliphatic carbocycles. The zero-order chi connectivity index (χ0) is 15.3. The van der Waals surface area contributed by atoms with E-state index in [2.05, 4.69) is 32.3 Å². The fraction of sp³-hybridized carbons (Fsp3) is 0.312. The van der Waals surface area contributed by atoms with Crippen LogP contribution in [0, 0.1) is 13.8 Å². The second-order valence-corrected chi connectivity index (χ2v) is 7.25. The van der Waals surface area contributed by atoms with E-state index < -0.39 is 0 Å². The number of nitrogens with zero attached hydrogens (tertiary/aromatic N) is 2. The molecule has 5 heteroatoms. The first-order valence-corrected chi connectivity index (χ1v) is 8.13. The summed E-state index contributed by atoms with van der Waals surface area (Å²) in [5.74, 6) is 0.932. The monoisotopic (exact) mass is 319 g/mol. The topological polar surface area (TPSA) is 43.8 Å². The molecular weight excluding hydrogens is 302 g/mol. The molecule has 3 nitrogen and oxygen atoms in total. The van der Waals surface area contributed by atoms with Crippen LogP contribution < -0.4 is 5.73 Å². The number of anilines is 1. The summed E-state index contributed by atoms with van der Waals surface area (Å²) in [4.78, 5) is 6.04. The first-order valence-electron chi connectivity index (χ1n) is 6.93. The maximum absolute atomic E-state index is 6.23. The molecule has 0 aliphatic rings. The van der Waals surface area contributed by atoms with E-state index in [1.807, 2.05) is 18.2 Å². The molecule has 0 fully saturated rings. The molecule has 2 heterocycles. The van der Waals surface area contributed by atoms with Gasteiger partial charge in [-0.05, 0) is 51.5 Å². The summed E-state index contributed by atoms with van der Waals surface area (Å²) < 4.78 is 2.23. The average Bonchev–Trinajstić information content (AvgIpc) is 2.87. The normalized spacial score (nSPS) is 11.7. The van der Waals surface area contributed by atoms with Crippen molar-refractivity contribution in [1.29, 1.82) is 0 Å². The minimum Gasteiger partial charge on any atom is -0.390 e. The number of nitrogens with two attached hydrogens (primary N) is 1. The van der Waals surface area contributed by atoms with Crippen LogP contribution in [0.15, 0.2) is 18.2 Å². The van der Waals surface area contributed by atoms with E-state index in [0.29, 0.717) is 11.1 Å². The van der Waals surface area contributed by atoms with Gasteiger partial charge in [-0.1, -0.05) is 11.6 Å². The van der Waals surface area contributed by atoms with Gasteiger partial charge in [0.2, 0.25) is 0 Å². The predicted molar refractivity (Wildman–Crippen MR) is 92.3 cm³/mol. The standard InChI is InChI=1S/C16H18ClN3S/c1-8(2)20-13-6-5-11(17)7-12(13)19-16(20)14-9(3)10(4)21-15(14)18/h5-8H,18H2,1-4H3. The minimum absolute atomic E-state index is 0.296. The van der Waals surface area contributed by atoms with E-state index in [4.69, 9.17) is 22.3 Å². The van der Waals surface area contributed by atoms with Crippen LogP contribution in [0.25, 0.3) is 22.4 Å². The lowest BCUT2D eigenvalue weighted by Crippen LogP contribution is -2.04. The van der Waals surface area contributed by atoms with Gasteiger partial charge >= 0.3 is 0 Å². The van der Waals surface area contributed by atoms with Gasteiger partial charge in [0.1, 0.15) is 5.82 Å². The molecule has 110 valence electrons. The van der Waals surface area contributed by atoms with Gasteiger partial charge in [-0.25, -0.2) is 4.98 Å². The Morgan fingerprint density at radius 3 is 2.57 bits per heavy atom. The Bertz CT molecular complexity index is 830. The van der Waals surface area contributed by atoms with Crippen molar-refractivity contribution in [3.05, 3.63) is 33.7 Å². The van der Waals surface area contributed by atoms with Crippen LogP contribution >= 0.6 is 22.9 Å². The third kappa shape index (κ3) is 2.23. The number of benzene rings is 1. The van der Waals surface area contributed by atoms with E-state index in [1.165, 1.54) is 10.4 Å². The second-order valence-electron chi connectivity index (χ2n) is 5.55. The van der Waals surface area contributed by atoms with Gasteiger partial charge in [-0.3, -0.25) is 0 Å². The number of rotatable bonds is 2. The van der Waals surface area contributed by atoms with Crippen molar-refractivity contribution in [3.63, 3.8) is 0 Å². The quantitative estimate of drug-likeness (QED) is 0.705. The van der Waals surface area contributed by atoms with Gasteiger partial charge in [0, 0.05) is 15.9 Å². The molecule has 0 bridgehead atoms. The first kappa shape index (κ1) is 14.4. The maximum atomic E-state index is 6.23. The number of fused-ring (bicyclic) bond motifs is 1. The number of thiophene rings is 1. The zero-order valence-electron chi connectivity index (χ0n) is 12.6. The Hall–Kier alpha value is -1.52. The molecule has 21 heavy (non-hydrogen) atoms. The third-order valence-corrected chi connectivity index (χ3v) is 5.08. The summed E-state index contributed by atoms with van der Waals surface area (Å²) in [6.07, 6.45) is 0. The highest BCUT2D eigenvalue weighted by Gasteiger charge is 2.21. The maximum Gasteiger partial charge on any atom is 0.144 e. The van der Waals surface area contributed by atoms with Crippen LogP contribution in [0.4, 0.5) is 5.00 Å². The number of halogens is 1. The lowest BCUT2D eigenvalue weighted by molar-refractivity contribution is 0.624. The summed E-state index contributed by atoms with van der Waals surface area (Å²) in [6, 6.07) is 6.14. The van der Waals surface area contributed by atoms with Crippen LogP contribution in [-0.2, 0) is 0 Å². The number of hydrogen-bond donors (Lipinski definition) is 1. The molecular formula is C16H18ClN3S. The SMILES string of the molecule is Cc1sc(N)c(-c2nc3cc(Cl)ccc3n2C(C)C)c1C. The number of hydrogen-bond acceptors (Lipinski definition) is 3. The molecule has 0 spiro atoms. The molecule has 2 N–H and O–H groups in total. The molecule has 0 saturated carbocycles. The molecule has 0 saturated heterocycles. The van der Waals surface area contributed by atoms with Crippen LogP contribution in [0.3, 0.4) is 0 Å². The van der Waals surface area contributed by atoms with Crippen molar-refractivity contribution in [3.8, 4) is 11.4 Å². The summed E-state index contributed by atoms with van der Waals surface area (Å²) >= 11 is 7.72. The largest absolute Gasteiger partial charge is 0.390 e. The highest BCUT2D eigenvalue weighted by atomic mass is 35.5. The number of nitrogen functional groups attached to an aromatic ring is 1. The van der Waals surface area contributed by atoms with Crippen molar-refractivity contribution in [2.45, 2.75) is 33.7 Å². The van der Waals surface area contributed by atoms with Gasteiger partial charge in [0.15, 0.2) is 0 Å². The van der Waals surface area contributed by atoms with Crippen LogP contribution in [0.5, 0.6) is 0 Å². The molecule has 1 aromatic carbocycles. The summed E-state index contributed by atoms with van der Waals surface area (Å²) in [5, 5.41) is 1.53. The molecule has 0 amide bonds. The summed E-state index contributed by atoms with van der Waals surface area (Å²) in [5.41, 5.74) is 10.5. The van der Waals surface area contributed by atoms with E-state index in [9.17, 15) is 0 Å². The van der Waals surface area contributed by atoms with E-state index >= 15 is 0 Å². The smallest absolute Gasteiger partial charge is 0.144 e. The Morgan fingerprint density at radius 2 is 2.00 bits per heavy atom. The highest BCUT2D eigenvalue weighted by Crippen LogP contribution is 2.40. The third-order valence-electron chi connectivity index (χ3n) is 3.80. The molecule has 0 radical (unpaired) electrons. The Labute approximate surface area is 133 Å². The van der Waals surface area contributed by atoms with Crippen LogP contribution in [0.2, 0.25) is 5.02 Å². The first-order chi connectivity index (χ1) is 9.90. The van der Waals surface area contributed by atoms with Crippen LogP contribution in [0.1, 0.15) is 30.3 Å². The summed E-state index contributed by atoms with van der Waals surface area (Å²) in [7, 11) is 0. The van der Waals surface area contributed by atoms with Gasteiger partial charge in [0.05, 0.1) is 21.6 Å². The molecule has 3 rings (SSSR count).